The van der Waals surface area contributed by atoms with Crippen molar-refractivity contribution in [1.82, 2.24) is 19.3 Å². The van der Waals surface area contributed by atoms with Gasteiger partial charge in [0.25, 0.3) is 0 Å². The molecule has 3 heterocycles. The summed E-state index contributed by atoms with van der Waals surface area (Å²) < 4.78 is 2.16. The summed E-state index contributed by atoms with van der Waals surface area (Å²) in [5, 5.41) is 2.10. The van der Waals surface area contributed by atoms with Crippen molar-refractivity contribution in [3.63, 3.8) is 0 Å². The van der Waals surface area contributed by atoms with Crippen LogP contribution in [0.5, 0.6) is 0 Å². The van der Waals surface area contributed by atoms with Gasteiger partial charge in [-0.3, -0.25) is 4.90 Å². The first-order chi connectivity index (χ1) is 9.24. The molecule has 98 valence electrons. The second-order valence-electron chi connectivity index (χ2n) is 4.72. The van der Waals surface area contributed by atoms with Crippen molar-refractivity contribution in [3.05, 3.63) is 52.4 Å². The summed E-state index contributed by atoms with van der Waals surface area (Å²) in [5.41, 5.74) is 6.35. The molecule has 0 saturated heterocycles. The van der Waals surface area contributed by atoms with Gasteiger partial charge in [0.1, 0.15) is 5.65 Å². The van der Waals surface area contributed by atoms with Gasteiger partial charge in [0.2, 0.25) is 0 Å². The Labute approximate surface area is 116 Å². The summed E-state index contributed by atoms with van der Waals surface area (Å²) in [4.78, 5) is 11.2. The molecule has 0 saturated carbocycles. The van der Waals surface area contributed by atoms with Crippen LogP contribution in [0, 0.1) is 6.92 Å². The molecule has 3 aromatic heterocycles. The van der Waals surface area contributed by atoms with Crippen LogP contribution >= 0.6 is 11.3 Å². The summed E-state index contributed by atoms with van der Waals surface area (Å²) in [6, 6.07) is 6.10. The standard InChI is InChI=1S/C14H16N4S/c1-11-13(18-6-4-3-5-14(18)16-11)8-17(2)7-12-9-19-10-15-12/h3-6,9-10H,7-8H2,1-2H3. The Morgan fingerprint density at radius 3 is 3.00 bits per heavy atom. The molecular formula is C14H16N4S. The van der Waals surface area contributed by atoms with Gasteiger partial charge in [-0.15, -0.1) is 11.3 Å². The number of hydrogen-bond donors (Lipinski definition) is 0. The minimum absolute atomic E-state index is 0.864. The maximum Gasteiger partial charge on any atom is 0.137 e. The molecule has 0 aliphatic carbocycles. The first kappa shape index (κ1) is 12.3. The molecule has 0 atom stereocenters. The largest absolute Gasteiger partial charge is 0.302 e. The van der Waals surface area contributed by atoms with Crippen molar-refractivity contribution >= 4 is 17.0 Å². The van der Waals surface area contributed by atoms with Crippen molar-refractivity contribution in [3.8, 4) is 0 Å². The smallest absolute Gasteiger partial charge is 0.137 e. The van der Waals surface area contributed by atoms with Crippen molar-refractivity contribution in [2.75, 3.05) is 7.05 Å². The van der Waals surface area contributed by atoms with Gasteiger partial charge in [-0.2, -0.15) is 0 Å². The van der Waals surface area contributed by atoms with E-state index in [9.17, 15) is 0 Å². The molecule has 0 spiro atoms. The fourth-order valence-electron chi connectivity index (χ4n) is 2.26. The molecule has 3 aromatic rings. The highest BCUT2D eigenvalue weighted by atomic mass is 32.1. The lowest BCUT2D eigenvalue weighted by Crippen LogP contribution is -2.19. The van der Waals surface area contributed by atoms with Gasteiger partial charge >= 0.3 is 0 Å². The minimum Gasteiger partial charge on any atom is -0.302 e. The second-order valence-corrected chi connectivity index (χ2v) is 5.44. The Bertz CT molecular complexity index is 672. The van der Waals surface area contributed by atoms with Crippen molar-refractivity contribution in [2.24, 2.45) is 0 Å². The zero-order valence-electron chi connectivity index (χ0n) is 11.1. The van der Waals surface area contributed by atoms with E-state index in [0.29, 0.717) is 0 Å². The van der Waals surface area contributed by atoms with Crippen LogP contribution in [0.2, 0.25) is 0 Å². The number of imidazole rings is 1. The third kappa shape index (κ3) is 2.52. The van der Waals surface area contributed by atoms with Crippen LogP contribution in [0.3, 0.4) is 0 Å². The zero-order chi connectivity index (χ0) is 13.2. The van der Waals surface area contributed by atoms with E-state index in [1.54, 1.807) is 11.3 Å². The topological polar surface area (TPSA) is 33.4 Å². The summed E-state index contributed by atoms with van der Waals surface area (Å²) in [6.45, 7) is 3.80. The quantitative estimate of drug-likeness (QED) is 0.732. The number of hydrogen-bond acceptors (Lipinski definition) is 4. The average Bonchev–Trinajstić information content (AvgIpc) is 2.99. The molecule has 0 bridgehead atoms. The Kier molecular flexibility index (Phi) is 3.31. The molecular weight excluding hydrogens is 256 g/mol. The molecule has 19 heavy (non-hydrogen) atoms. The maximum atomic E-state index is 4.59. The van der Waals surface area contributed by atoms with Crippen LogP contribution in [-0.4, -0.2) is 26.3 Å². The second kappa shape index (κ2) is 5.11. The Morgan fingerprint density at radius 2 is 2.21 bits per heavy atom. The van der Waals surface area contributed by atoms with Crippen LogP contribution < -0.4 is 0 Å². The number of thiazole rings is 1. The van der Waals surface area contributed by atoms with E-state index in [2.05, 4.69) is 44.8 Å². The molecule has 0 fully saturated rings. The van der Waals surface area contributed by atoms with Gasteiger partial charge in [-0.25, -0.2) is 9.97 Å². The predicted molar refractivity (Wildman–Crippen MR) is 77.2 cm³/mol. The third-order valence-corrected chi connectivity index (χ3v) is 3.80. The van der Waals surface area contributed by atoms with Gasteiger partial charge in [0.05, 0.1) is 22.6 Å². The zero-order valence-corrected chi connectivity index (χ0v) is 11.9. The maximum absolute atomic E-state index is 4.59. The summed E-state index contributed by atoms with van der Waals surface area (Å²) >= 11 is 1.64. The van der Waals surface area contributed by atoms with Gasteiger partial charge in [0, 0.05) is 24.7 Å². The number of fused-ring (bicyclic) bond motifs is 1. The average molecular weight is 272 g/mol. The van der Waals surface area contributed by atoms with Crippen LogP contribution in [0.25, 0.3) is 5.65 Å². The minimum atomic E-state index is 0.864. The van der Waals surface area contributed by atoms with Gasteiger partial charge in [-0.05, 0) is 26.1 Å². The van der Waals surface area contributed by atoms with E-state index in [1.165, 1.54) is 5.69 Å². The summed E-state index contributed by atoms with van der Waals surface area (Å²) in [5.74, 6) is 0. The van der Waals surface area contributed by atoms with E-state index >= 15 is 0 Å². The predicted octanol–water partition coefficient (Wildman–Crippen LogP) is 2.73. The van der Waals surface area contributed by atoms with Crippen LogP contribution in [-0.2, 0) is 13.1 Å². The highest BCUT2D eigenvalue weighted by Crippen LogP contribution is 2.14. The fourth-order valence-corrected chi connectivity index (χ4v) is 2.81. The van der Waals surface area contributed by atoms with Crippen molar-refractivity contribution in [1.29, 1.82) is 0 Å². The normalized spacial score (nSPS) is 11.5. The van der Waals surface area contributed by atoms with Gasteiger partial charge < -0.3 is 4.40 Å². The number of pyridine rings is 1. The van der Waals surface area contributed by atoms with E-state index < -0.39 is 0 Å². The highest BCUT2D eigenvalue weighted by molar-refractivity contribution is 7.07. The van der Waals surface area contributed by atoms with Crippen LogP contribution in [0.4, 0.5) is 0 Å². The van der Waals surface area contributed by atoms with Crippen LogP contribution in [0.1, 0.15) is 17.1 Å². The molecule has 0 N–H and O–H groups in total. The number of rotatable bonds is 4. The highest BCUT2D eigenvalue weighted by Gasteiger charge is 2.11. The van der Waals surface area contributed by atoms with Crippen LogP contribution in [0.15, 0.2) is 35.3 Å². The first-order valence-electron chi connectivity index (χ1n) is 6.22. The molecule has 3 rings (SSSR count). The Morgan fingerprint density at radius 1 is 1.32 bits per heavy atom. The van der Waals surface area contributed by atoms with Crippen molar-refractivity contribution < 1.29 is 0 Å². The van der Waals surface area contributed by atoms with E-state index in [1.807, 2.05) is 23.7 Å². The van der Waals surface area contributed by atoms with E-state index in [0.717, 1.165) is 30.1 Å². The molecule has 4 nitrogen and oxygen atoms in total. The van der Waals surface area contributed by atoms with Gasteiger partial charge in [-0.1, -0.05) is 6.07 Å². The summed E-state index contributed by atoms with van der Waals surface area (Å²) in [7, 11) is 2.11. The fraction of sp³-hybridized carbons (Fsp3) is 0.286. The van der Waals surface area contributed by atoms with E-state index in [-0.39, 0.29) is 0 Å². The summed E-state index contributed by atoms with van der Waals surface area (Å²) in [6.07, 6.45) is 2.07. The lowest BCUT2D eigenvalue weighted by Gasteiger charge is -2.15. The number of aromatic nitrogens is 3. The molecule has 0 radical (unpaired) electrons. The monoisotopic (exact) mass is 272 g/mol. The Hall–Kier alpha value is -1.72. The molecule has 0 aliphatic rings. The first-order valence-corrected chi connectivity index (χ1v) is 7.16. The number of aryl methyl sites for hydroxylation is 1. The van der Waals surface area contributed by atoms with E-state index in [4.69, 9.17) is 0 Å². The lowest BCUT2D eigenvalue weighted by atomic mass is 10.3. The SMILES string of the molecule is Cc1nc2ccccn2c1CN(C)Cc1cscn1. The third-order valence-electron chi connectivity index (χ3n) is 3.16. The molecule has 0 aromatic carbocycles. The molecule has 0 amide bonds. The Balaban J connectivity index is 1.83. The number of nitrogens with zero attached hydrogens (tertiary/aromatic N) is 4. The van der Waals surface area contributed by atoms with Crippen molar-refractivity contribution in [2.45, 2.75) is 20.0 Å². The molecule has 0 unspecified atom stereocenters. The van der Waals surface area contributed by atoms with Gasteiger partial charge in [0.15, 0.2) is 0 Å². The molecule has 5 heteroatoms. The lowest BCUT2D eigenvalue weighted by molar-refractivity contribution is 0.310. The molecule has 0 aliphatic heterocycles.